The van der Waals surface area contributed by atoms with Gasteiger partial charge in [0.15, 0.2) is 0 Å². The number of carbonyl (C=O) groups excluding carboxylic acids is 1. The molecule has 1 aromatic rings. The average molecular weight is 299 g/mol. The van der Waals surface area contributed by atoms with Crippen LogP contribution in [0.2, 0.25) is 0 Å². The van der Waals surface area contributed by atoms with Crippen LogP contribution in [0.15, 0.2) is 43.0 Å². The van der Waals surface area contributed by atoms with Crippen molar-refractivity contribution >= 4 is 13.5 Å². The van der Waals surface area contributed by atoms with E-state index in [-0.39, 0.29) is 6.61 Å². The van der Waals surface area contributed by atoms with Crippen molar-refractivity contribution < 1.29 is 23.7 Å². The van der Waals surface area contributed by atoms with Gasteiger partial charge < -0.3 is 14.4 Å². The number of ether oxygens (including phenoxy) is 1. The number of esters is 1. The fraction of sp³-hybridized carbons (Fsp3) is 0.308. The molecule has 0 aliphatic heterocycles. The molecule has 1 aromatic carbocycles. The van der Waals surface area contributed by atoms with Crippen LogP contribution in [0.25, 0.3) is 0 Å². The molecule has 0 fully saturated rings. The first-order valence-electron chi connectivity index (χ1n) is 6.06. The minimum Gasteiger partial charge on any atom is -0.465 e. The number of benzene rings is 1. The molecule has 0 aromatic heterocycles. The third kappa shape index (κ3) is 4.81. The van der Waals surface area contributed by atoms with Crippen LogP contribution in [0.5, 0.6) is 5.75 Å². The summed E-state index contributed by atoms with van der Waals surface area (Å²) < 4.78 is 22.4. The molecule has 1 unspecified atom stereocenters. The number of rotatable bonds is 8. The Bertz CT molecular complexity index is 491. The number of hydrogen-bond donors (Lipinski definition) is 2. The maximum atomic E-state index is 12.4. The quantitative estimate of drug-likeness (QED) is 0.433. The van der Waals surface area contributed by atoms with E-state index in [1.165, 1.54) is 6.08 Å². The number of para-hydroxylation sites is 1. The fourth-order valence-corrected chi connectivity index (χ4v) is 2.68. The van der Waals surface area contributed by atoms with Crippen LogP contribution in [0.3, 0.4) is 0 Å². The molecule has 0 bridgehead atoms. The van der Waals surface area contributed by atoms with Gasteiger partial charge in [0.1, 0.15) is 18.1 Å². The van der Waals surface area contributed by atoms with Crippen molar-refractivity contribution in [3.8, 4) is 5.75 Å². The normalized spacial score (nSPS) is 14.9. The van der Waals surface area contributed by atoms with E-state index in [4.69, 9.17) is 9.26 Å². The molecule has 0 aliphatic carbocycles. The van der Waals surface area contributed by atoms with Gasteiger partial charge >= 0.3 is 13.5 Å². The van der Waals surface area contributed by atoms with Crippen molar-refractivity contribution in [2.45, 2.75) is 13.0 Å². The van der Waals surface area contributed by atoms with Crippen molar-refractivity contribution in [3.63, 3.8) is 0 Å². The lowest BCUT2D eigenvalue weighted by atomic mass is 10.3. The molecule has 0 spiro atoms. The monoisotopic (exact) mass is 299 g/mol. The van der Waals surface area contributed by atoms with Crippen LogP contribution in [0.1, 0.15) is 6.92 Å². The molecule has 0 heterocycles. The van der Waals surface area contributed by atoms with Crippen LogP contribution >= 0.6 is 7.52 Å². The van der Waals surface area contributed by atoms with E-state index in [2.05, 4.69) is 11.7 Å². The highest BCUT2D eigenvalue weighted by atomic mass is 31.2. The highest BCUT2D eigenvalue weighted by molar-refractivity contribution is 7.57. The Kier molecular flexibility index (Phi) is 6.45. The Hall–Kier alpha value is -1.62. The Balaban J connectivity index is 2.80. The van der Waals surface area contributed by atoms with E-state index in [0.29, 0.717) is 5.75 Å². The Morgan fingerprint density at radius 2 is 2.15 bits per heavy atom. The van der Waals surface area contributed by atoms with E-state index in [1.807, 2.05) is 0 Å². The Morgan fingerprint density at radius 3 is 2.65 bits per heavy atom. The van der Waals surface area contributed by atoms with Gasteiger partial charge in [0.25, 0.3) is 0 Å². The predicted molar refractivity (Wildman–Crippen MR) is 75.5 cm³/mol. The van der Waals surface area contributed by atoms with Crippen LogP contribution in [0, 0.1) is 0 Å². The van der Waals surface area contributed by atoms with Gasteiger partial charge in [-0.1, -0.05) is 24.3 Å². The Labute approximate surface area is 117 Å². The summed E-state index contributed by atoms with van der Waals surface area (Å²) in [5.74, 6) is -0.308. The van der Waals surface area contributed by atoms with Gasteiger partial charge in [0, 0.05) is 0 Å². The van der Waals surface area contributed by atoms with E-state index in [1.54, 1.807) is 37.3 Å². The number of aliphatic hydroxyl groups excluding tert-OH is 1. The van der Waals surface area contributed by atoms with Crippen LogP contribution in [-0.4, -0.2) is 30.1 Å². The molecule has 6 nitrogen and oxygen atoms in total. The van der Waals surface area contributed by atoms with Crippen LogP contribution < -0.4 is 9.61 Å². The highest BCUT2D eigenvalue weighted by Crippen LogP contribution is 2.42. The summed E-state index contributed by atoms with van der Waals surface area (Å²) in [4.78, 5) is 11.6. The molecule has 0 amide bonds. The zero-order valence-corrected chi connectivity index (χ0v) is 12.1. The van der Waals surface area contributed by atoms with Crippen molar-refractivity contribution in [3.05, 3.63) is 43.0 Å². The fourth-order valence-electron chi connectivity index (χ4n) is 1.39. The molecule has 20 heavy (non-hydrogen) atoms. The van der Waals surface area contributed by atoms with Crippen LogP contribution in [-0.2, 0) is 14.1 Å². The summed E-state index contributed by atoms with van der Waals surface area (Å²) in [6, 6.07) is 7.35. The van der Waals surface area contributed by atoms with E-state index in [9.17, 15) is 14.5 Å². The molecule has 110 valence electrons. The van der Waals surface area contributed by atoms with E-state index < -0.39 is 25.9 Å². The molecular formula is C13H18NO5P. The van der Waals surface area contributed by atoms with Crippen molar-refractivity contribution in [2.75, 3.05) is 13.0 Å². The first kappa shape index (κ1) is 16.4. The number of carbonyl (C=O) groups is 1. The summed E-state index contributed by atoms with van der Waals surface area (Å²) in [5, 5.41) is 11.7. The number of nitrogens with one attached hydrogen (secondary N) is 1. The maximum Gasteiger partial charge on any atom is 0.342 e. The number of aliphatic hydroxyl groups is 1. The van der Waals surface area contributed by atoms with Gasteiger partial charge in [-0.15, -0.1) is 6.58 Å². The lowest BCUT2D eigenvalue weighted by molar-refractivity contribution is -0.143. The second-order valence-corrected chi connectivity index (χ2v) is 5.88. The molecule has 0 radical (unpaired) electrons. The smallest absolute Gasteiger partial charge is 0.342 e. The Morgan fingerprint density at radius 1 is 1.50 bits per heavy atom. The van der Waals surface area contributed by atoms with Gasteiger partial charge in [-0.05, 0) is 19.1 Å². The topological polar surface area (TPSA) is 84.9 Å². The second kappa shape index (κ2) is 7.85. The van der Waals surface area contributed by atoms with Gasteiger partial charge in [0.2, 0.25) is 0 Å². The van der Waals surface area contributed by atoms with Crippen LogP contribution in [0.4, 0.5) is 0 Å². The number of hydrogen-bond acceptors (Lipinski definition) is 5. The zero-order valence-electron chi connectivity index (χ0n) is 11.2. The summed E-state index contributed by atoms with van der Waals surface area (Å²) >= 11 is 0. The molecule has 0 aliphatic rings. The van der Waals surface area contributed by atoms with E-state index >= 15 is 0 Å². The molecule has 0 saturated carbocycles. The molecule has 7 heteroatoms. The van der Waals surface area contributed by atoms with Gasteiger partial charge in [-0.25, -0.2) is 9.88 Å². The molecule has 1 rings (SSSR count). The molecule has 0 saturated heterocycles. The maximum absolute atomic E-state index is 12.4. The highest BCUT2D eigenvalue weighted by Gasteiger charge is 2.30. The summed E-state index contributed by atoms with van der Waals surface area (Å²) in [6.07, 6.45) is 0.486. The molecule has 2 atom stereocenters. The van der Waals surface area contributed by atoms with E-state index in [0.717, 1.165) is 0 Å². The SMILES string of the molecule is C=C[C@H](NP(=O)(CO)Oc1ccccc1)C(=O)OCC. The third-order valence-electron chi connectivity index (χ3n) is 2.29. The molecule has 2 N–H and O–H groups in total. The third-order valence-corrected chi connectivity index (χ3v) is 3.84. The van der Waals surface area contributed by atoms with Gasteiger partial charge in [-0.3, -0.25) is 4.57 Å². The zero-order chi connectivity index (χ0) is 15.0. The minimum atomic E-state index is -3.64. The first-order chi connectivity index (χ1) is 9.54. The summed E-state index contributed by atoms with van der Waals surface area (Å²) in [6.45, 7) is 5.31. The summed E-state index contributed by atoms with van der Waals surface area (Å²) in [7, 11) is -3.64. The molecular weight excluding hydrogens is 281 g/mol. The van der Waals surface area contributed by atoms with Crippen molar-refractivity contribution in [1.82, 2.24) is 5.09 Å². The van der Waals surface area contributed by atoms with Crippen molar-refractivity contribution in [2.24, 2.45) is 0 Å². The summed E-state index contributed by atoms with van der Waals surface area (Å²) in [5.41, 5.74) is 0. The second-order valence-electron chi connectivity index (χ2n) is 3.81. The standard InChI is InChI=1S/C13H18NO5P/c1-3-12(13(16)18-4-2)14-20(17,10-15)19-11-8-6-5-7-9-11/h3,5-9,12,15H,1,4,10H2,2H3,(H,14,17)/t12-,20?/m0/s1. The largest absolute Gasteiger partial charge is 0.465 e. The minimum absolute atomic E-state index is 0.188. The average Bonchev–Trinajstić information content (AvgIpc) is 2.46. The predicted octanol–water partition coefficient (Wildman–Crippen LogP) is 1.92. The van der Waals surface area contributed by atoms with Crippen molar-refractivity contribution in [1.29, 1.82) is 0 Å². The first-order valence-corrected chi connectivity index (χ1v) is 7.87. The van der Waals surface area contributed by atoms with Gasteiger partial charge in [0.05, 0.1) is 6.61 Å². The van der Waals surface area contributed by atoms with Gasteiger partial charge in [-0.2, -0.15) is 0 Å². The lowest BCUT2D eigenvalue weighted by Gasteiger charge is -2.22. The lowest BCUT2D eigenvalue weighted by Crippen LogP contribution is -2.36.